The molecule has 19 heavy (non-hydrogen) atoms. The number of aromatic nitrogens is 1. The minimum absolute atomic E-state index is 0.0762. The standard InChI is InChI=1S/C16H20N2O/c1-8-4-12-11-6-9-7-18(13(11)5-8)16(12)15-10(9)2-3-14(19)17-15/h2-3,8-9,11-13,16H,4-7H2,1H3,(H,17,19)/t8-,9+,11+,12+,13-,16+/m0/s1. The summed E-state index contributed by atoms with van der Waals surface area (Å²) in [5.74, 6) is 3.20. The molecule has 5 bridgehead atoms. The van der Waals surface area contributed by atoms with Gasteiger partial charge in [0.1, 0.15) is 0 Å². The molecule has 0 radical (unpaired) electrons. The van der Waals surface area contributed by atoms with Crippen molar-refractivity contribution in [2.45, 2.75) is 44.2 Å². The predicted molar refractivity (Wildman–Crippen MR) is 73.0 cm³/mol. The molecule has 1 aliphatic carbocycles. The molecule has 2 saturated heterocycles. The van der Waals surface area contributed by atoms with Crippen molar-refractivity contribution in [1.82, 2.24) is 9.88 Å². The van der Waals surface area contributed by atoms with Crippen molar-refractivity contribution < 1.29 is 0 Å². The second-order valence-corrected chi connectivity index (χ2v) is 7.24. The van der Waals surface area contributed by atoms with E-state index in [9.17, 15) is 4.79 Å². The number of rotatable bonds is 0. The third kappa shape index (κ3) is 1.20. The topological polar surface area (TPSA) is 36.1 Å². The number of nitrogens with zero attached hydrogens (tertiary/aromatic N) is 1. The minimum Gasteiger partial charge on any atom is -0.324 e. The average molecular weight is 256 g/mol. The highest BCUT2D eigenvalue weighted by Gasteiger charge is 2.59. The number of hydrogen-bond donors (Lipinski definition) is 1. The molecule has 7 atom stereocenters. The predicted octanol–water partition coefficient (Wildman–Crippen LogP) is 2.26. The number of hydrogen-bond acceptors (Lipinski definition) is 2. The summed E-state index contributed by atoms with van der Waals surface area (Å²) >= 11 is 0. The monoisotopic (exact) mass is 256 g/mol. The van der Waals surface area contributed by atoms with E-state index in [0.717, 1.165) is 23.8 Å². The van der Waals surface area contributed by atoms with Gasteiger partial charge in [0.2, 0.25) is 5.56 Å². The van der Waals surface area contributed by atoms with Gasteiger partial charge in [0.05, 0.1) is 6.04 Å². The minimum atomic E-state index is 0.0762. The van der Waals surface area contributed by atoms with Crippen LogP contribution in [-0.4, -0.2) is 22.5 Å². The summed E-state index contributed by atoms with van der Waals surface area (Å²) in [7, 11) is 0. The van der Waals surface area contributed by atoms with Crippen molar-refractivity contribution in [3.05, 3.63) is 33.7 Å². The fourth-order valence-electron chi connectivity index (χ4n) is 5.75. The van der Waals surface area contributed by atoms with Crippen LogP contribution in [0.5, 0.6) is 0 Å². The van der Waals surface area contributed by atoms with Crippen LogP contribution in [0.4, 0.5) is 0 Å². The average Bonchev–Trinajstić information content (AvgIpc) is 2.56. The van der Waals surface area contributed by atoms with Crippen molar-refractivity contribution >= 4 is 0 Å². The lowest BCUT2D eigenvalue weighted by molar-refractivity contribution is 0.0902. The highest BCUT2D eigenvalue weighted by atomic mass is 16.1. The zero-order valence-electron chi connectivity index (χ0n) is 11.3. The Bertz CT molecular complexity index is 607. The molecule has 4 aliphatic rings. The number of aromatic amines is 1. The second kappa shape index (κ2) is 3.32. The molecular weight excluding hydrogens is 236 g/mol. The quantitative estimate of drug-likeness (QED) is 0.773. The van der Waals surface area contributed by atoms with Crippen LogP contribution in [-0.2, 0) is 0 Å². The van der Waals surface area contributed by atoms with Crippen LogP contribution in [0, 0.1) is 17.8 Å². The van der Waals surface area contributed by atoms with E-state index in [-0.39, 0.29) is 5.56 Å². The van der Waals surface area contributed by atoms with Crippen LogP contribution in [0.2, 0.25) is 0 Å². The third-order valence-electron chi connectivity index (χ3n) is 6.26. The molecule has 0 amide bonds. The maximum Gasteiger partial charge on any atom is 0.248 e. The second-order valence-electron chi connectivity index (χ2n) is 7.24. The molecule has 3 heteroatoms. The first-order valence-corrected chi connectivity index (χ1v) is 7.71. The first-order chi connectivity index (χ1) is 9.22. The Morgan fingerprint density at radius 2 is 2.11 bits per heavy atom. The number of piperidine rings is 1. The molecule has 3 nitrogen and oxygen atoms in total. The molecule has 3 fully saturated rings. The summed E-state index contributed by atoms with van der Waals surface area (Å²) in [6.45, 7) is 3.64. The summed E-state index contributed by atoms with van der Waals surface area (Å²) in [4.78, 5) is 17.7. The van der Waals surface area contributed by atoms with Crippen molar-refractivity contribution in [2.75, 3.05) is 6.54 Å². The first kappa shape index (κ1) is 10.7. The van der Waals surface area contributed by atoms with Crippen molar-refractivity contribution in [2.24, 2.45) is 17.8 Å². The van der Waals surface area contributed by atoms with Gasteiger partial charge in [0.25, 0.3) is 0 Å². The van der Waals surface area contributed by atoms with E-state index in [1.807, 2.05) is 0 Å². The summed E-state index contributed by atoms with van der Waals surface area (Å²) in [5, 5.41) is 0. The van der Waals surface area contributed by atoms with Gasteiger partial charge in [-0.2, -0.15) is 0 Å². The fourth-order valence-corrected chi connectivity index (χ4v) is 5.75. The van der Waals surface area contributed by atoms with Gasteiger partial charge < -0.3 is 4.98 Å². The number of pyridine rings is 1. The van der Waals surface area contributed by atoms with E-state index >= 15 is 0 Å². The van der Waals surface area contributed by atoms with Gasteiger partial charge >= 0.3 is 0 Å². The van der Waals surface area contributed by atoms with Gasteiger partial charge in [-0.25, -0.2) is 0 Å². The maximum absolute atomic E-state index is 11.7. The van der Waals surface area contributed by atoms with Gasteiger partial charge in [-0.3, -0.25) is 9.69 Å². The van der Waals surface area contributed by atoms with Crippen LogP contribution in [0.3, 0.4) is 0 Å². The van der Waals surface area contributed by atoms with E-state index in [4.69, 9.17) is 0 Å². The number of fused-ring (bicyclic) bond motifs is 5. The molecule has 1 unspecified atom stereocenters. The number of nitrogens with one attached hydrogen (secondary N) is 1. The van der Waals surface area contributed by atoms with E-state index in [1.165, 1.54) is 37.1 Å². The van der Waals surface area contributed by atoms with Gasteiger partial charge in [-0.15, -0.1) is 0 Å². The Morgan fingerprint density at radius 3 is 3.00 bits per heavy atom. The van der Waals surface area contributed by atoms with Gasteiger partial charge in [-0.1, -0.05) is 13.0 Å². The molecule has 1 aromatic heterocycles. The first-order valence-electron chi connectivity index (χ1n) is 7.71. The van der Waals surface area contributed by atoms with Gasteiger partial charge in [0.15, 0.2) is 0 Å². The summed E-state index contributed by atoms with van der Waals surface area (Å²) in [6.07, 6.45) is 4.08. The molecule has 0 aromatic carbocycles. The van der Waals surface area contributed by atoms with E-state index in [0.29, 0.717) is 12.0 Å². The molecule has 5 rings (SSSR count). The summed E-state index contributed by atoms with van der Waals surface area (Å²) < 4.78 is 0. The van der Waals surface area contributed by atoms with Crippen molar-refractivity contribution in [3.8, 4) is 0 Å². The molecule has 1 saturated carbocycles. The molecule has 1 aromatic rings. The van der Waals surface area contributed by atoms with Crippen molar-refractivity contribution in [3.63, 3.8) is 0 Å². The fraction of sp³-hybridized carbons (Fsp3) is 0.688. The normalized spacial score (nSPS) is 49.2. The van der Waals surface area contributed by atoms with Gasteiger partial charge in [-0.05, 0) is 48.5 Å². The van der Waals surface area contributed by atoms with Crippen LogP contribution in [0.1, 0.15) is 49.4 Å². The van der Waals surface area contributed by atoms with Crippen LogP contribution in [0.25, 0.3) is 0 Å². The zero-order chi connectivity index (χ0) is 12.7. The van der Waals surface area contributed by atoms with E-state index in [1.54, 1.807) is 6.07 Å². The lowest BCUT2D eigenvalue weighted by atomic mass is 9.70. The molecule has 1 N–H and O–H groups in total. The smallest absolute Gasteiger partial charge is 0.248 e. The van der Waals surface area contributed by atoms with Gasteiger partial charge in [0, 0.05) is 24.3 Å². The Kier molecular flexibility index (Phi) is 1.86. The van der Waals surface area contributed by atoms with E-state index < -0.39 is 0 Å². The SMILES string of the molecule is C[C@H]1C[C@@H]2[C@H]3C[C@@H]4CN([C@H]3C1)[C@H]2c1[nH]c(=O)ccc14. The lowest BCUT2D eigenvalue weighted by Gasteiger charge is -2.44. The largest absolute Gasteiger partial charge is 0.324 e. The molecule has 4 heterocycles. The zero-order valence-corrected chi connectivity index (χ0v) is 11.3. The Labute approximate surface area is 113 Å². The summed E-state index contributed by atoms with van der Waals surface area (Å²) in [5.41, 5.74) is 2.79. The van der Waals surface area contributed by atoms with E-state index in [2.05, 4.69) is 22.9 Å². The van der Waals surface area contributed by atoms with Crippen LogP contribution >= 0.6 is 0 Å². The molecular formula is C16H20N2O. The highest BCUT2D eigenvalue weighted by molar-refractivity contribution is 5.36. The van der Waals surface area contributed by atoms with Crippen molar-refractivity contribution in [1.29, 1.82) is 0 Å². The lowest BCUT2D eigenvalue weighted by Crippen LogP contribution is -2.46. The summed E-state index contributed by atoms with van der Waals surface area (Å²) in [6, 6.07) is 5.13. The molecule has 3 aliphatic heterocycles. The van der Waals surface area contributed by atoms with Crippen LogP contribution < -0.4 is 5.56 Å². The molecule has 0 spiro atoms. The third-order valence-corrected chi connectivity index (χ3v) is 6.26. The maximum atomic E-state index is 11.7. The highest BCUT2D eigenvalue weighted by Crippen LogP contribution is 2.62. The Balaban J connectivity index is 1.74. The Hall–Kier alpha value is -1.09. The van der Waals surface area contributed by atoms with Crippen LogP contribution in [0.15, 0.2) is 16.9 Å². The molecule has 100 valence electrons. The Morgan fingerprint density at radius 1 is 1.21 bits per heavy atom. The number of H-pyrrole nitrogens is 1.